The number of benzene rings is 2. The van der Waals surface area contributed by atoms with Crippen LogP contribution in [0.15, 0.2) is 61.3 Å². The van der Waals surface area contributed by atoms with Gasteiger partial charge in [-0.25, -0.2) is 19.3 Å². The number of imidazole rings is 1. The van der Waals surface area contributed by atoms with E-state index in [1.54, 1.807) is 18.6 Å². The molecule has 0 fully saturated rings. The smallest absolute Gasteiger partial charge is 0.162 e. The fraction of sp³-hybridized carbons (Fsp3) is 0.0909. The monoisotopic (exact) mass is 418 g/mol. The molecule has 0 amide bonds. The molecule has 0 aliphatic carbocycles. The van der Waals surface area contributed by atoms with E-state index >= 15 is 0 Å². The minimum Gasteiger partial charge on any atom is -0.368 e. The van der Waals surface area contributed by atoms with E-state index in [2.05, 4.69) is 30.2 Å². The molecular formula is C22H16ClFN6. The van der Waals surface area contributed by atoms with Gasteiger partial charge < -0.3 is 10.3 Å². The quantitative estimate of drug-likeness (QED) is 0.419. The van der Waals surface area contributed by atoms with Crippen molar-refractivity contribution in [2.75, 3.05) is 11.9 Å². The number of anilines is 1. The molecule has 30 heavy (non-hydrogen) atoms. The van der Waals surface area contributed by atoms with Crippen LogP contribution in [0.25, 0.3) is 33.2 Å². The Hall–Kier alpha value is -3.58. The van der Waals surface area contributed by atoms with Crippen molar-refractivity contribution in [2.24, 2.45) is 0 Å². The van der Waals surface area contributed by atoms with Gasteiger partial charge >= 0.3 is 0 Å². The Balaban J connectivity index is 1.53. The number of aromatic nitrogens is 5. The molecule has 2 aromatic carbocycles. The van der Waals surface area contributed by atoms with Crippen molar-refractivity contribution in [2.45, 2.75) is 6.42 Å². The number of hydrogen-bond acceptors (Lipinski definition) is 5. The van der Waals surface area contributed by atoms with Crippen LogP contribution < -0.4 is 5.32 Å². The van der Waals surface area contributed by atoms with Gasteiger partial charge in [0.2, 0.25) is 0 Å². The van der Waals surface area contributed by atoms with Gasteiger partial charge in [0.1, 0.15) is 17.7 Å². The summed E-state index contributed by atoms with van der Waals surface area (Å²) >= 11 is 6.54. The number of hydrogen-bond donors (Lipinski definition) is 2. The molecule has 0 aliphatic rings. The average molecular weight is 419 g/mol. The minimum atomic E-state index is -0.294. The van der Waals surface area contributed by atoms with E-state index in [-0.39, 0.29) is 5.82 Å². The van der Waals surface area contributed by atoms with Crippen LogP contribution in [0.1, 0.15) is 5.56 Å². The lowest BCUT2D eigenvalue weighted by atomic mass is 9.94. The predicted octanol–water partition coefficient (Wildman–Crippen LogP) is 5.02. The second-order valence-corrected chi connectivity index (χ2v) is 7.21. The maximum atomic E-state index is 14.0. The van der Waals surface area contributed by atoms with Crippen LogP contribution in [-0.4, -0.2) is 31.5 Å². The number of nitrogens with one attached hydrogen (secondary N) is 2. The van der Waals surface area contributed by atoms with Crippen LogP contribution >= 0.6 is 11.6 Å². The molecule has 0 aliphatic heterocycles. The summed E-state index contributed by atoms with van der Waals surface area (Å²) < 4.78 is 14.0. The average Bonchev–Trinajstić information content (AvgIpc) is 3.24. The third-order valence-electron chi connectivity index (χ3n) is 4.94. The number of pyridine rings is 1. The second-order valence-electron chi connectivity index (χ2n) is 6.80. The Kier molecular flexibility index (Phi) is 4.72. The van der Waals surface area contributed by atoms with Gasteiger partial charge in [-0.05, 0) is 47.9 Å². The summed E-state index contributed by atoms with van der Waals surface area (Å²) in [7, 11) is 0. The van der Waals surface area contributed by atoms with Gasteiger partial charge in [0.15, 0.2) is 11.5 Å². The zero-order valence-electron chi connectivity index (χ0n) is 15.7. The third kappa shape index (κ3) is 3.33. The van der Waals surface area contributed by atoms with Crippen molar-refractivity contribution in [1.29, 1.82) is 0 Å². The van der Waals surface area contributed by atoms with Crippen molar-refractivity contribution in [3.63, 3.8) is 0 Å². The largest absolute Gasteiger partial charge is 0.368 e. The molecule has 5 rings (SSSR count). The molecule has 148 valence electrons. The van der Waals surface area contributed by atoms with E-state index in [4.69, 9.17) is 11.6 Å². The molecular weight excluding hydrogens is 403 g/mol. The van der Waals surface area contributed by atoms with E-state index in [1.165, 1.54) is 18.5 Å². The van der Waals surface area contributed by atoms with Crippen molar-refractivity contribution in [1.82, 2.24) is 24.9 Å². The van der Waals surface area contributed by atoms with Gasteiger partial charge in [-0.3, -0.25) is 4.98 Å². The maximum Gasteiger partial charge on any atom is 0.162 e. The molecule has 2 N–H and O–H groups in total. The van der Waals surface area contributed by atoms with Gasteiger partial charge in [-0.1, -0.05) is 23.7 Å². The fourth-order valence-electron chi connectivity index (χ4n) is 3.63. The molecule has 3 heterocycles. The van der Waals surface area contributed by atoms with Crippen molar-refractivity contribution in [3.8, 4) is 11.1 Å². The number of nitrogens with zero attached hydrogens (tertiary/aromatic N) is 4. The topological polar surface area (TPSA) is 79.4 Å². The highest BCUT2D eigenvalue weighted by Crippen LogP contribution is 2.36. The van der Waals surface area contributed by atoms with Crippen molar-refractivity contribution >= 4 is 39.5 Å². The predicted molar refractivity (Wildman–Crippen MR) is 116 cm³/mol. The summed E-state index contributed by atoms with van der Waals surface area (Å²) in [6, 6.07) is 12.2. The summed E-state index contributed by atoms with van der Waals surface area (Å²) in [5.41, 5.74) is 4.72. The first-order valence-electron chi connectivity index (χ1n) is 9.41. The highest BCUT2D eigenvalue weighted by Gasteiger charge is 2.15. The van der Waals surface area contributed by atoms with Gasteiger partial charge in [0.05, 0.1) is 16.9 Å². The normalized spacial score (nSPS) is 11.3. The van der Waals surface area contributed by atoms with Gasteiger partial charge in [-0.2, -0.15) is 0 Å². The van der Waals surface area contributed by atoms with Crippen LogP contribution in [0, 0.1) is 5.82 Å². The Bertz CT molecular complexity index is 1370. The number of rotatable bonds is 5. The minimum absolute atomic E-state index is 0.294. The summed E-state index contributed by atoms with van der Waals surface area (Å²) in [5.74, 6) is 0.357. The van der Waals surface area contributed by atoms with Gasteiger partial charge in [0, 0.05) is 23.7 Å². The lowest BCUT2D eigenvalue weighted by Gasteiger charge is -2.15. The zero-order valence-corrected chi connectivity index (χ0v) is 16.5. The molecule has 3 aromatic heterocycles. The highest BCUT2D eigenvalue weighted by atomic mass is 35.5. The SMILES string of the molecule is Fc1cccc(-c2c(CCNc3ncnc4[nH]cnc34)cc(Cl)c3cccnc23)c1. The van der Waals surface area contributed by atoms with Crippen LogP contribution in [-0.2, 0) is 6.42 Å². The van der Waals surface area contributed by atoms with E-state index in [9.17, 15) is 4.39 Å². The molecule has 0 spiro atoms. The fourth-order valence-corrected chi connectivity index (χ4v) is 3.91. The first-order valence-corrected chi connectivity index (χ1v) is 9.78. The highest BCUT2D eigenvalue weighted by molar-refractivity contribution is 6.36. The lowest BCUT2D eigenvalue weighted by Crippen LogP contribution is -2.08. The summed E-state index contributed by atoms with van der Waals surface area (Å²) in [6.45, 7) is 0.579. The summed E-state index contributed by atoms with van der Waals surface area (Å²) in [4.78, 5) is 20.2. The standard InChI is InChI=1S/C22H16ClFN6/c23-17-10-14(6-8-26-21-20-22(28-11-27-20)30-12-29-21)18(13-3-1-4-15(24)9-13)19-16(17)5-2-7-25-19/h1-5,7,9-12H,6,8H2,(H2,26,27,28,29,30). The number of fused-ring (bicyclic) bond motifs is 2. The molecule has 0 atom stereocenters. The molecule has 0 radical (unpaired) electrons. The maximum absolute atomic E-state index is 14.0. The lowest BCUT2D eigenvalue weighted by molar-refractivity contribution is 0.628. The summed E-state index contributed by atoms with van der Waals surface area (Å²) in [5, 5.41) is 4.76. The first kappa shape index (κ1) is 18.4. The molecule has 0 saturated carbocycles. The molecule has 0 saturated heterocycles. The summed E-state index contributed by atoms with van der Waals surface area (Å²) in [6.07, 6.45) is 5.42. The Morgan fingerprint density at radius 1 is 1.00 bits per heavy atom. The van der Waals surface area contributed by atoms with Gasteiger partial charge in [-0.15, -0.1) is 0 Å². The Morgan fingerprint density at radius 3 is 2.83 bits per heavy atom. The zero-order chi connectivity index (χ0) is 20.5. The number of halogens is 2. The van der Waals surface area contributed by atoms with E-state index in [1.807, 2.05) is 24.3 Å². The van der Waals surface area contributed by atoms with E-state index in [0.29, 0.717) is 35.0 Å². The third-order valence-corrected chi connectivity index (χ3v) is 5.25. The van der Waals surface area contributed by atoms with Crippen molar-refractivity contribution in [3.05, 3.63) is 77.7 Å². The van der Waals surface area contributed by atoms with E-state index < -0.39 is 0 Å². The van der Waals surface area contributed by atoms with Crippen LogP contribution in [0.2, 0.25) is 5.02 Å². The Morgan fingerprint density at radius 2 is 1.93 bits per heavy atom. The Labute approximate surface area is 176 Å². The molecule has 8 heteroatoms. The number of H-pyrrole nitrogens is 1. The molecule has 6 nitrogen and oxygen atoms in total. The number of aromatic amines is 1. The first-order chi connectivity index (χ1) is 14.7. The van der Waals surface area contributed by atoms with Crippen molar-refractivity contribution < 1.29 is 4.39 Å². The molecule has 5 aromatic rings. The molecule has 0 bridgehead atoms. The van der Waals surface area contributed by atoms with Gasteiger partial charge in [0.25, 0.3) is 0 Å². The molecule has 0 unspecified atom stereocenters. The van der Waals surface area contributed by atoms with Crippen LogP contribution in [0.4, 0.5) is 10.2 Å². The van der Waals surface area contributed by atoms with Crippen LogP contribution in [0.3, 0.4) is 0 Å². The van der Waals surface area contributed by atoms with E-state index in [0.717, 1.165) is 27.6 Å². The van der Waals surface area contributed by atoms with Crippen LogP contribution in [0.5, 0.6) is 0 Å². The second kappa shape index (κ2) is 7.68.